The van der Waals surface area contributed by atoms with E-state index < -0.39 is 18.1 Å². The Balaban J connectivity index is 1.59. The number of aromatic nitrogens is 4. The van der Waals surface area contributed by atoms with Crippen LogP contribution in [0.5, 0.6) is 0 Å². The third-order valence-corrected chi connectivity index (χ3v) is 7.51. The monoisotopic (exact) mass is 501 g/mol. The highest BCUT2D eigenvalue weighted by Gasteiger charge is 2.41. The molecule has 5 rings (SSSR count). The number of imidazole rings is 1. The molecule has 3 aromatic rings. The molecule has 0 spiro atoms. The Bertz CT molecular complexity index is 1280. The van der Waals surface area contributed by atoms with Crippen molar-refractivity contribution < 1.29 is 23.1 Å². The van der Waals surface area contributed by atoms with Crippen LogP contribution in [0.1, 0.15) is 61.6 Å². The number of hydrogen-bond donors (Lipinski definition) is 2. The average Bonchev–Trinajstić information content (AvgIpc) is 3.61. The molecule has 1 atom stereocenters. The number of hydrogen-bond acceptors (Lipinski definition) is 5. The molecular formula is C26H30F3N5O2. The van der Waals surface area contributed by atoms with Crippen molar-refractivity contribution >= 4 is 23.0 Å². The van der Waals surface area contributed by atoms with E-state index >= 15 is 0 Å². The summed E-state index contributed by atoms with van der Waals surface area (Å²) in [5.41, 5.74) is 2.75. The maximum absolute atomic E-state index is 13.2. The molecule has 0 radical (unpaired) electrons. The van der Waals surface area contributed by atoms with Crippen molar-refractivity contribution in [3.05, 3.63) is 35.7 Å². The first kappa shape index (κ1) is 24.5. The molecule has 36 heavy (non-hydrogen) atoms. The number of benzene rings is 1. The summed E-state index contributed by atoms with van der Waals surface area (Å²) in [6.45, 7) is 4.49. The minimum atomic E-state index is -4.16. The number of fused-ring (bicyclic) bond motifs is 1. The summed E-state index contributed by atoms with van der Waals surface area (Å²) in [6.07, 6.45) is -0.793. The molecule has 2 heterocycles. The third kappa shape index (κ3) is 5.03. The minimum absolute atomic E-state index is 0.0393. The fourth-order valence-electron chi connectivity index (χ4n) is 5.27. The van der Waals surface area contributed by atoms with Crippen LogP contribution in [0.3, 0.4) is 0 Å². The van der Waals surface area contributed by atoms with E-state index in [-0.39, 0.29) is 36.3 Å². The molecule has 0 saturated heterocycles. The molecular weight excluding hydrogens is 471 g/mol. The normalized spacial score (nSPS) is 21.5. The zero-order valence-electron chi connectivity index (χ0n) is 20.3. The number of carboxylic acid groups (broad SMARTS) is 1. The van der Waals surface area contributed by atoms with Crippen LogP contribution in [-0.4, -0.2) is 42.8 Å². The fourth-order valence-corrected chi connectivity index (χ4v) is 5.27. The van der Waals surface area contributed by atoms with Gasteiger partial charge in [-0.15, -0.1) is 0 Å². The molecule has 0 amide bonds. The highest BCUT2D eigenvalue weighted by molar-refractivity contribution is 5.92. The Hall–Kier alpha value is -3.17. The number of aromatic carboxylic acids is 1. The number of halogens is 3. The standard InChI is InChI=1S/C26H30F3N5O2/c1-14-4-3-5-18(12-14)24-33-22-20(34(24)13-16-6-10-19(11-7-16)26(27,28)29)21(30-15(2)17-8-9-17)31-23(32-22)25(35)36/h3-5,12,15-17,19H,6-11,13H2,1-2H3,(H,35,36)(H,30,31,32). The highest BCUT2D eigenvalue weighted by atomic mass is 19.4. The van der Waals surface area contributed by atoms with Crippen LogP contribution in [0.2, 0.25) is 0 Å². The summed E-state index contributed by atoms with van der Waals surface area (Å²) in [7, 11) is 0. The lowest BCUT2D eigenvalue weighted by Gasteiger charge is -2.30. The van der Waals surface area contributed by atoms with E-state index in [0.717, 1.165) is 24.0 Å². The van der Waals surface area contributed by atoms with E-state index in [2.05, 4.69) is 15.3 Å². The van der Waals surface area contributed by atoms with Gasteiger partial charge in [0, 0.05) is 18.2 Å². The van der Waals surface area contributed by atoms with Crippen molar-refractivity contribution in [1.29, 1.82) is 0 Å². The smallest absolute Gasteiger partial charge is 0.391 e. The van der Waals surface area contributed by atoms with Crippen molar-refractivity contribution in [2.45, 2.75) is 71.1 Å². The Morgan fingerprint density at radius 3 is 2.47 bits per heavy atom. The number of nitrogens with zero attached hydrogens (tertiary/aromatic N) is 4. The van der Waals surface area contributed by atoms with Gasteiger partial charge >= 0.3 is 12.1 Å². The maximum atomic E-state index is 13.2. The number of anilines is 1. The van der Waals surface area contributed by atoms with Crippen molar-refractivity contribution in [3.8, 4) is 11.4 Å². The van der Waals surface area contributed by atoms with E-state index in [0.29, 0.717) is 42.5 Å². The quantitative estimate of drug-likeness (QED) is 0.408. The van der Waals surface area contributed by atoms with E-state index in [9.17, 15) is 23.1 Å². The Kier molecular flexibility index (Phi) is 6.38. The zero-order chi connectivity index (χ0) is 25.6. The second kappa shape index (κ2) is 9.37. The topological polar surface area (TPSA) is 92.9 Å². The van der Waals surface area contributed by atoms with Crippen LogP contribution < -0.4 is 5.32 Å². The summed E-state index contributed by atoms with van der Waals surface area (Å²) < 4.78 is 41.7. The molecule has 2 aromatic heterocycles. The molecule has 2 saturated carbocycles. The molecule has 0 aliphatic heterocycles. The van der Waals surface area contributed by atoms with Crippen LogP contribution in [-0.2, 0) is 6.54 Å². The van der Waals surface area contributed by atoms with Crippen LogP contribution >= 0.6 is 0 Å². The van der Waals surface area contributed by atoms with Gasteiger partial charge in [-0.2, -0.15) is 13.2 Å². The zero-order valence-corrected chi connectivity index (χ0v) is 20.3. The lowest BCUT2D eigenvalue weighted by atomic mass is 9.81. The number of rotatable bonds is 7. The summed E-state index contributed by atoms with van der Waals surface area (Å²) >= 11 is 0. The summed E-state index contributed by atoms with van der Waals surface area (Å²) in [4.78, 5) is 25.1. The number of alkyl halides is 3. The molecule has 2 aliphatic carbocycles. The van der Waals surface area contributed by atoms with E-state index in [1.54, 1.807) is 0 Å². The number of aryl methyl sites for hydroxylation is 1. The first-order valence-electron chi connectivity index (χ1n) is 12.5. The molecule has 10 heteroatoms. The highest BCUT2D eigenvalue weighted by Crippen LogP contribution is 2.41. The lowest BCUT2D eigenvalue weighted by Crippen LogP contribution is -2.29. The van der Waals surface area contributed by atoms with Gasteiger partial charge < -0.3 is 15.0 Å². The number of carbonyl (C=O) groups is 1. The fraction of sp³-hybridized carbons (Fsp3) is 0.538. The van der Waals surface area contributed by atoms with E-state index in [4.69, 9.17) is 4.98 Å². The van der Waals surface area contributed by atoms with Gasteiger partial charge in [0.2, 0.25) is 5.82 Å². The summed E-state index contributed by atoms with van der Waals surface area (Å²) in [6, 6.07) is 7.91. The molecule has 2 fully saturated rings. The van der Waals surface area contributed by atoms with Crippen molar-refractivity contribution in [1.82, 2.24) is 19.5 Å². The Morgan fingerprint density at radius 2 is 1.86 bits per heavy atom. The molecule has 2 N–H and O–H groups in total. The molecule has 7 nitrogen and oxygen atoms in total. The van der Waals surface area contributed by atoms with Gasteiger partial charge in [-0.3, -0.25) is 0 Å². The van der Waals surface area contributed by atoms with Gasteiger partial charge in [0.05, 0.1) is 5.92 Å². The molecule has 0 bridgehead atoms. The van der Waals surface area contributed by atoms with Gasteiger partial charge in [0.25, 0.3) is 0 Å². The van der Waals surface area contributed by atoms with Gasteiger partial charge in [0.1, 0.15) is 11.3 Å². The van der Waals surface area contributed by atoms with Crippen molar-refractivity contribution in [3.63, 3.8) is 0 Å². The third-order valence-electron chi connectivity index (χ3n) is 7.51. The van der Waals surface area contributed by atoms with Gasteiger partial charge in [-0.05, 0) is 70.3 Å². The van der Waals surface area contributed by atoms with E-state index in [1.165, 1.54) is 0 Å². The van der Waals surface area contributed by atoms with Crippen LogP contribution in [0.4, 0.5) is 19.0 Å². The molecule has 192 valence electrons. The molecule has 2 aliphatic rings. The van der Waals surface area contributed by atoms with Crippen molar-refractivity contribution in [2.24, 2.45) is 17.8 Å². The Morgan fingerprint density at radius 1 is 1.14 bits per heavy atom. The maximum Gasteiger partial charge on any atom is 0.391 e. The summed E-state index contributed by atoms with van der Waals surface area (Å²) in [5.74, 6) is -1.26. The number of nitrogens with one attached hydrogen (secondary N) is 1. The lowest BCUT2D eigenvalue weighted by molar-refractivity contribution is -0.184. The predicted octanol–water partition coefficient (Wildman–Crippen LogP) is 6.08. The second-order valence-electron chi connectivity index (χ2n) is 10.3. The van der Waals surface area contributed by atoms with E-state index in [1.807, 2.05) is 42.7 Å². The molecule has 1 aromatic carbocycles. The van der Waals surface area contributed by atoms with Gasteiger partial charge in [-0.25, -0.2) is 19.7 Å². The minimum Gasteiger partial charge on any atom is -0.475 e. The van der Waals surface area contributed by atoms with Gasteiger partial charge in [0.15, 0.2) is 11.5 Å². The van der Waals surface area contributed by atoms with Crippen LogP contribution in [0.15, 0.2) is 24.3 Å². The van der Waals surface area contributed by atoms with Crippen molar-refractivity contribution in [2.75, 3.05) is 5.32 Å². The second-order valence-corrected chi connectivity index (χ2v) is 10.3. The average molecular weight is 502 g/mol. The Labute approximate surface area is 207 Å². The van der Waals surface area contributed by atoms with Crippen LogP contribution in [0.25, 0.3) is 22.6 Å². The molecule has 1 unspecified atom stereocenters. The van der Waals surface area contributed by atoms with Gasteiger partial charge in [-0.1, -0.05) is 23.8 Å². The first-order chi connectivity index (χ1) is 17.1. The predicted molar refractivity (Wildman–Crippen MR) is 130 cm³/mol. The largest absolute Gasteiger partial charge is 0.475 e. The van der Waals surface area contributed by atoms with Crippen LogP contribution in [0, 0.1) is 24.7 Å². The number of carboxylic acids is 1. The summed E-state index contributed by atoms with van der Waals surface area (Å²) in [5, 5.41) is 13.0. The SMILES string of the molecule is Cc1cccc(-c2nc3nc(C(=O)O)nc(NC(C)C4CC4)c3n2CC2CCC(C(F)(F)F)CC2)c1. The first-order valence-corrected chi connectivity index (χ1v) is 12.5.